The molecule has 0 saturated heterocycles. The van der Waals surface area contributed by atoms with Crippen LogP contribution < -0.4 is 4.84 Å². The van der Waals surface area contributed by atoms with Gasteiger partial charge >= 0.3 is 5.97 Å². The Morgan fingerprint density at radius 3 is 2.58 bits per heavy atom. The van der Waals surface area contributed by atoms with Crippen LogP contribution in [0.5, 0.6) is 0 Å². The number of halogens is 1. The second kappa shape index (κ2) is 5.09. The highest BCUT2D eigenvalue weighted by atomic mass is 19.1. The predicted molar refractivity (Wildman–Crippen MR) is 66.4 cm³/mol. The van der Waals surface area contributed by atoms with E-state index in [-0.39, 0.29) is 11.5 Å². The van der Waals surface area contributed by atoms with Crippen LogP contribution in [-0.4, -0.2) is 27.4 Å². The van der Waals surface area contributed by atoms with E-state index in [1.165, 1.54) is 29.0 Å². The largest absolute Gasteiger partial charge is 0.476 e. The Balaban J connectivity index is 2.59. The minimum atomic E-state index is -1.12. The van der Waals surface area contributed by atoms with Gasteiger partial charge in [0.1, 0.15) is 12.4 Å². The first kappa shape index (κ1) is 13.1. The number of carboxylic acid groups (broad SMARTS) is 1. The zero-order valence-electron chi connectivity index (χ0n) is 10.6. The fourth-order valence-corrected chi connectivity index (χ4v) is 1.79. The molecule has 0 fully saturated rings. The minimum Gasteiger partial charge on any atom is -0.476 e. The van der Waals surface area contributed by atoms with Crippen LogP contribution in [0.15, 0.2) is 24.3 Å². The van der Waals surface area contributed by atoms with Crippen LogP contribution in [0.1, 0.15) is 23.1 Å². The Bertz CT molecular complexity index is 605. The van der Waals surface area contributed by atoms with Gasteiger partial charge < -0.3 is 9.94 Å². The Kier molecular flexibility index (Phi) is 3.50. The Labute approximate surface area is 109 Å². The highest BCUT2D eigenvalue weighted by Crippen LogP contribution is 2.21. The summed E-state index contributed by atoms with van der Waals surface area (Å²) in [5.74, 6) is -1.14. The van der Waals surface area contributed by atoms with Gasteiger partial charge in [0.05, 0.1) is 5.69 Å². The van der Waals surface area contributed by atoms with E-state index in [2.05, 4.69) is 4.98 Å². The van der Waals surface area contributed by atoms with Gasteiger partial charge in [-0.2, -0.15) is 4.73 Å². The number of aromatic nitrogens is 2. The van der Waals surface area contributed by atoms with Crippen LogP contribution in [0.25, 0.3) is 11.4 Å². The summed E-state index contributed by atoms with van der Waals surface area (Å²) >= 11 is 0. The Hall–Kier alpha value is -2.37. The van der Waals surface area contributed by atoms with E-state index >= 15 is 0 Å². The van der Waals surface area contributed by atoms with E-state index in [4.69, 9.17) is 4.84 Å². The number of carboxylic acids is 1. The predicted octanol–water partition coefficient (Wildman–Crippen LogP) is 2.14. The number of nitrogens with zero attached hydrogens (tertiary/aromatic N) is 2. The molecule has 0 radical (unpaired) electrons. The summed E-state index contributed by atoms with van der Waals surface area (Å²) in [6.07, 6.45) is 0. The number of carbonyl (C=O) groups is 1. The second-order valence-corrected chi connectivity index (χ2v) is 3.89. The molecule has 0 amide bonds. The SMILES string of the molecule is CCOn1c(-c2ccc(F)cc2)nc(C)c1C(=O)O. The maximum absolute atomic E-state index is 12.9. The van der Waals surface area contributed by atoms with Crippen LogP contribution >= 0.6 is 0 Å². The third-order valence-electron chi connectivity index (χ3n) is 2.57. The van der Waals surface area contributed by atoms with Gasteiger partial charge in [-0.1, -0.05) is 0 Å². The molecule has 2 rings (SSSR count). The van der Waals surface area contributed by atoms with Crippen molar-refractivity contribution in [1.82, 2.24) is 9.71 Å². The molecule has 0 unspecified atom stereocenters. The van der Waals surface area contributed by atoms with Crippen molar-refractivity contribution in [3.05, 3.63) is 41.5 Å². The molecule has 0 atom stereocenters. The molecule has 0 bridgehead atoms. The number of aryl methyl sites for hydroxylation is 1. The van der Waals surface area contributed by atoms with E-state index < -0.39 is 5.97 Å². The summed E-state index contributed by atoms with van der Waals surface area (Å²) in [7, 11) is 0. The third kappa shape index (κ3) is 2.42. The molecule has 100 valence electrons. The lowest BCUT2D eigenvalue weighted by molar-refractivity contribution is 0.0611. The van der Waals surface area contributed by atoms with Crippen LogP contribution in [-0.2, 0) is 0 Å². The maximum Gasteiger partial charge on any atom is 0.357 e. The van der Waals surface area contributed by atoms with Crippen LogP contribution in [0.2, 0.25) is 0 Å². The molecule has 1 heterocycles. The molecule has 1 aromatic carbocycles. The van der Waals surface area contributed by atoms with Crippen molar-refractivity contribution in [2.75, 3.05) is 6.61 Å². The normalized spacial score (nSPS) is 10.5. The van der Waals surface area contributed by atoms with Gasteiger partial charge in [-0.05, 0) is 38.1 Å². The smallest absolute Gasteiger partial charge is 0.357 e. The summed E-state index contributed by atoms with van der Waals surface area (Å²) in [5.41, 5.74) is 0.909. The van der Waals surface area contributed by atoms with E-state index in [0.29, 0.717) is 23.7 Å². The maximum atomic E-state index is 12.9. The molecular formula is C13H13FN2O3. The first-order valence-corrected chi connectivity index (χ1v) is 5.76. The average molecular weight is 264 g/mol. The van der Waals surface area contributed by atoms with Gasteiger partial charge in [0, 0.05) is 5.56 Å². The molecule has 6 heteroatoms. The van der Waals surface area contributed by atoms with Crippen molar-refractivity contribution in [3.63, 3.8) is 0 Å². The fourth-order valence-electron chi connectivity index (χ4n) is 1.79. The highest BCUT2D eigenvalue weighted by Gasteiger charge is 2.22. The van der Waals surface area contributed by atoms with Gasteiger partial charge in [0.25, 0.3) is 0 Å². The topological polar surface area (TPSA) is 64.4 Å². The third-order valence-corrected chi connectivity index (χ3v) is 2.57. The van der Waals surface area contributed by atoms with E-state index in [1.807, 2.05) is 0 Å². The number of hydrogen-bond donors (Lipinski definition) is 1. The van der Waals surface area contributed by atoms with E-state index in [0.717, 1.165) is 0 Å². The van der Waals surface area contributed by atoms with Gasteiger partial charge in [0.15, 0.2) is 11.5 Å². The molecule has 19 heavy (non-hydrogen) atoms. The van der Waals surface area contributed by atoms with Crippen molar-refractivity contribution < 1.29 is 19.1 Å². The van der Waals surface area contributed by atoms with Gasteiger partial charge in [-0.25, -0.2) is 14.2 Å². The summed E-state index contributed by atoms with van der Waals surface area (Å²) in [4.78, 5) is 20.7. The highest BCUT2D eigenvalue weighted by molar-refractivity contribution is 5.88. The molecule has 0 saturated carbocycles. The van der Waals surface area contributed by atoms with E-state index in [1.54, 1.807) is 13.8 Å². The number of benzene rings is 1. The van der Waals surface area contributed by atoms with Crippen LogP contribution in [0, 0.1) is 12.7 Å². The van der Waals surface area contributed by atoms with Gasteiger partial charge in [-0.3, -0.25) is 0 Å². The zero-order chi connectivity index (χ0) is 14.0. The van der Waals surface area contributed by atoms with Crippen molar-refractivity contribution in [1.29, 1.82) is 0 Å². The number of imidazole rings is 1. The van der Waals surface area contributed by atoms with Crippen molar-refractivity contribution >= 4 is 5.97 Å². The van der Waals surface area contributed by atoms with Crippen molar-refractivity contribution in [2.24, 2.45) is 0 Å². The van der Waals surface area contributed by atoms with E-state index in [9.17, 15) is 14.3 Å². The monoisotopic (exact) mass is 264 g/mol. The molecule has 0 aliphatic carbocycles. The first-order chi connectivity index (χ1) is 9.04. The minimum absolute atomic E-state index is 0.0267. The molecule has 1 aromatic heterocycles. The molecule has 5 nitrogen and oxygen atoms in total. The molecule has 2 aromatic rings. The molecule has 0 aliphatic rings. The van der Waals surface area contributed by atoms with Crippen LogP contribution in [0.3, 0.4) is 0 Å². The first-order valence-electron chi connectivity index (χ1n) is 5.76. The molecule has 0 spiro atoms. The summed E-state index contributed by atoms with van der Waals surface area (Å²) < 4.78 is 14.1. The van der Waals surface area contributed by atoms with Crippen molar-refractivity contribution in [2.45, 2.75) is 13.8 Å². The number of rotatable bonds is 4. The lowest BCUT2D eigenvalue weighted by Crippen LogP contribution is -2.18. The number of hydrogen-bond acceptors (Lipinski definition) is 3. The number of aromatic carboxylic acids is 1. The lowest BCUT2D eigenvalue weighted by Gasteiger charge is -2.09. The Morgan fingerprint density at radius 1 is 1.42 bits per heavy atom. The average Bonchev–Trinajstić information content (AvgIpc) is 2.68. The summed E-state index contributed by atoms with van der Waals surface area (Å²) in [6.45, 7) is 3.63. The van der Waals surface area contributed by atoms with Gasteiger partial charge in [0.2, 0.25) is 0 Å². The molecule has 1 N–H and O–H groups in total. The Morgan fingerprint density at radius 2 is 2.05 bits per heavy atom. The van der Waals surface area contributed by atoms with Crippen molar-refractivity contribution in [3.8, 4) is 11.4 Å². The van der Waals surface area contributed by atoms with Gasteiger partial charge in [-0.15, -0.1) is 0 Å². The molecular weight excluding hydrogens is 251 g/mol. The van der Waals surface area contributed by atoms with Crippen LogP contribution in [0.4, 0.5) is 4.39 Å². The zero-order valence-corrected chi connectivity index (χ0v) is 10.6. The quantitative estimate of drug-likeness (QED) is 0.918. The standard InChI is InChI=1S/C13H13FN2O3/c1-3-19-16-11(13(17)18)8(2)15-12(16)9-4-6-10(14)7-5-9/h4-7H,3H2,1-2H3,(H,17,18). The summed E-state index contributed by atoms with van der Waals surface area (Å²) in [5, 5.41) is 9.18. The molecule has 0 aliphatic heterocycles. The fraction of sp³-hybridized carbons (Fsp3) is 0.231. The summed E-state index contributed by atoms with van der Waals surface area (Å²) in [6, 6.07) is 5.63. The lowest BCUT2D eigenvalue weighted by atomic mass is 10.2. The second-order valence-electron chi connectivity index (χ2n) is 3.89.